The largest absolute Gasteiger partial charge is 0.352 e. The average molecular weight is 389 g/mol. The van der Waals surface area contributed by atoms with Crippen molar-refractivity contribution in [3.05, 3.63) is 60.2 Å². The van der Waals surface area contributed by atoms with Crippen molar-refractivity contribution in [2.45, 2.75) is 12.8 Å². The summed E-state index contributed by atoms with van der Waals surface area (Å²) in [6.07, 6.45) is 2.18. The molecular formula is C20H25ClN4O2. The Bertz CT molecular complexity index is 731. The van der Waals surface area contributed by atoms with Crippen molar-refractivity contribution in [1.82, 2.24) is 10.6 Å². The number of urea groups is 1. The van der Waals surface area contributed by atoms with Gasteiger partial charge in [0.1, 0.15) is 0 Å². The minimum atomic E-state index is -0.321. The van der Waals surface area contributed by atoms with Crippen LogP contribution in [0.25, 0.3) is 0 Å². The number of halogens is 1. The summed E-state index contributed by atoms with van der Waals surface area (Å²) >= 11 is 0. The first-order valence-electron chi connectivity index (χ1n) is 8.93. The van der Waals surface area contributed by atoms with Gasteiger partial charge in [-0.2, -0.15) is 0 Å². The van der Waals surface area contributed by atoms with E-state index in [-0.39, 0.29) is 24.3 Å². The molecule has 0 aromatic heterocycles. The first-order chi connectivity index (χ1) is 12.7. The Morgan fingerprint density at radius 1 is 0.963 bits per heavy atom. The van der Waals surface area contributed by atoms with E-state index in [4.69, 9.17) is 0 Å². The zero-order valence-electron chi connectivity index (χ0n) is 15.0. The highest BCUT2D eigenvalue weighted by Gasteiger charge is 2.14. The second kappa shape index (κ2) is 10.5. The number of benzene rings is 2. The number of anilines is 2. The molecule has 2 aromatic carbocycles. The molecule has 144 valence electrons. The second-order valence-corrected chi connectivity index (χ2v) is 6.43. The van der Waals surface area contributed by atoms with Crippen LogP contribution in [0, 0.1) is 5.92 Å². The van der Waals surface area contributed by atoms with Gasteiger partial charge < -0.3 is 21.3 Å². The number of carbonyl (C=O) groups excluding carboxylic acids is 2. The van der Waals surface area contributed by atoms with Crippen molar-refractivity contribution in [3.63, 3.8) is 0 Å². The van der Waals surface area contributed by atoms with Gasteiger partial charge in [-0.15, -0.1) is 12.4 Å². The first kappa shape index (κ1) is 20.7. The van der Waals surface area contributed by atoms with Gasteiger partial charge in [0, 0.05) is 23.5 Å². The van der Waals surface area contributed by atoms with Crippen molar-refractivity contribution < 1.29 is 9.59 Å². The van der Waals surface area contributed by atoms with Crippen molar-refractivity contribution in [3.8, 4) is 0 Å². The molecule has 0 aliphatic carbocycles. The van der Waals surface area contributed by atoms with Crippen LogP contribution in [0.4, 0.5) is 16.2 Å². The van der Waals surface area contributed by atoms with E-state index in [1.807, 2.05) is 30.3 Å². The predicted octanol–water partition coefficient (Wildman–Crippen LogP) is 3.48. The number of nitrogens with one attached hydrogen (secondary N) is 4. The summed E-state index contributed by atoms with van der Waals surface area (Å²) in [6, 6.07) is 15.8. The zero-order valence-corrected chi connectivity index (χ0v) is 15.9. The molecule has 1 fully saturated rings. The summed E-state index contributed by atoms with van der Waals surface area (Å²) in [4.78, 5) is 24.1. The molecule has 0 spiro atoms. The van der Waals surface area contributed by atoms with Crippen molar-refractivity contribution in [2.75, 3.05) is 30.3 Å². The topological polar surface area (TPSA) is 82.3 Å². The molecule has 1 aliphatic heterocycles. The van der Waals surface area contributed by atoms with Gasteiger partial charge in [-0.25, -0.2) is 4.79 Å². The summed E-state index contributed by atoms with van der Waals surface area (Å²) in [5.74, 6) is 0.571. The van der Waals surface area contributed by atoms with E-state index in [2.05, 4.69) is 21.3 Å². The zero-order chi connectivity index (χ0) is 18.2. The minimum Gasteiger partial charge on any atom is -0.352 e. The van der Waals surface area contributed by atoms with E-state index in [0.717, 1.165) is 25.2 Å². The normalized spacial score (nSPS) is 15.5. The monoisotopic (exact) mass is 388 g/mol. The molecule has 3 rings (SSSR count). The summed E-state index contributed by atoms with van der Waals surface area (Å²) in [5.41, 5.74) is 1.94. The summed E-state index contributed by atoms with van der Waals surface area (Å²) in [6.45, 7) is 2.80. The van der Waals surface area contributed by atoms with Crippen LogP contribution in [0.1, 0.15) is 23.2 Å². The van der Waals surface area contributed by atoms with E-state index in [1.54, 1.807) is 24.3 Å². The van der Waals surface area contributed by atoms with Gasteiger partial charge in [-0.1, -0.05) is 18.2 Å². The highest BCUT2D eigenvalue weighted by Crippen LogP contribution is 2.13. The molecular weight excluding hydrogens is 364 g/mol. The molecule has 4 N–H and O–H groups in total. The molecule has 0 radical (unpaired) electrons. The molecule has 1 aliphatic rings. The lowest BCUT2D eigenvalue weighted by molar-refractivity contribution is 0.0951. The van der Waals surface area contributed by atoms with Crippen LogP contribution in [0.2, 0.25) is 0 Å². The van der Waals surface area contributed by atoms with Gasteiger partial charge in [-0.05, 0) is 68.2 Å². The van der Waals surface area contributed by atoms with Crippen LogP contribution in [0.3, 0.4) is 0 Å². The summed E-state index contributed by atoms with van der Waals surface area (Å²) in [5, 5.41) is 11.8. The SMILES string of the molecule is Cl.O=C(Nc1ccccc1)Nc1ccc(C(=O)NCCC2CCNC2)cc1. The maximum Gasteiger partial charge on any atom is 0.323 e. The molecule has 0 bridgehead atoms. The highest BCUT2D eigenvalue weighted by atomic mass is 35.5. The molecule has 1 unspecified atom stereocenters. The molecule has 6 nitrogen and oxygen atoms in total. The van der Waals surface area contributed by atoms with Gasteiger partial charge >= 0.3 is 6.03 Å². The Labute approximate surface area is 165 Å². The average Bonchev–Trinajstić information content (AvgIpc) is 3.16. The third kappa shape index (κ3) is 6.58. The van der Waals surface area contributed by atoms with Gasteiger partial charge in [0.15, 0.2) is 0 Å². The third-order valence-corrected chi connectivity index (χ3v) is 4.44. The van der Waals surface area contributed by atoms with Gasteiger partial charge in [0.25, 0.3) is 5.91 Å². The molecule has 27 heavy (non-hydrogen) atoms. The second-order valence-electron chi connectivity index (χ2n) is 6.43. The van der Waals surface area contributed by atoms with Crippen molar-refractivity contribution in [2.24, 2.45) is 5.92 Å². The standard InChI is InChI=1S/C20H24N4O2.ClH/c25-19(22-13-11-15-10-12-21-14-15)16-6-8-18(9-7-16)24-20(26)23-17-4-2-1-3-5-17;/h1-9,15,21H,10-14H2,(H,22,25)(H2,23,24,26);1H. The molecule has 2 aromatic rings. The maximum absolute atomic E-state index is 12.2. The molecule has 7 heteroatoms. The fraction of sp³-hybridized carbons (Fsp3) is 0.300. The summed E-state index contributed by atoms with van der Waals surface area (Å²) in [7, 11) is 0. The Morgan fingerprint density at radius 2 is 1.63 bits per heavy atom. The highest BCUT2D eigenvalue weighted by molar-refractivity contribution is 6.00. The Kier molecular flexibility index (Phi) is 8.10. The maximum atomic E-state index is 12.2. The molecule has 3 amide bonds. The van der Waals surface area contributed by atoms with Crippen LogP contribution in [0.15, 0.2) is 54.6 Å². The first-order valence-corrected chi connectivity index (χ1v) is 8.93. The van der Waals surface area contributed by atoms with Crippen LogP contribution in [0.5, 0.6) is 0 Å². The third-order valence-electron chi connectivity index (χ3n) is 4.44. The summed E-state index contributed by atoms with van der Waals surface area (Å²) < 4.78 is 0. The number of rotatable bonds is 6. The number of hydrogen-bond acceptors (Lipinski definition) is 3. The van der Waals surface area contributed by atoms with Gasteiger partial charge in [-0.3, -0.25) is 4.79 Å². The molecule has 1 saturated heterocycles. The fourth-order valence-corrected chi connectivity index (χ4v) is 2.97. The Hall–Kier alpha value is -2.57. The van der Waals surface area contributed by atoms with Crippen LogP contribution in [-0.2, 0) is 0 Å². The van der Waals surface area contributed by atoms with E-state index in [1.165, 1.54) is 6.42 Å². The molecule has 0 saturated carbocycles. The number of carbonyl (C=O) groups is 2. The van der Waals surface area contributed by atoms with Crippen molar-refractivity contribution >= 4 is 35.7 Å². The molecule has 1 atom stereocenters. The Morgan fingerprint density at radius 3 is 2.26 bits per heavy atom. The van der Waals surface area contributed by atoms with Crippen LogP contribution in [-0.4, -0.2) is 31.6 Å². The van der Waals surface area contributed by atoms with E-state index >= 15 is 0 Å². The fourth-order valence-electron chi connectivity index (χ4n) is 2.97. The van der Waals surface area contributed by atoms with E-state index < -0.39 is 0 Å². The smallest absolute Gasteiger partial charge is 0.323 e. The van der Waals surface area contributed by atoms with E-state index in [0.29, 0.717) is 23.7 Å². The molecule has 1 heterocycles. The van der Waals surface area contributed by atoms with Crippen molar-refractivity contribution in [1.29, 1.82) is 0 Å². The number of amides is 3. The lowest BCUT2D eigenvalue weighted by Crippen LogP contribution is -2.26. The number of hydrogen-bond donors (Lipinski definition) is 4. The minimum absolute atomic E-state index is 0. The van der Waals surface area contributed by atoms with Crippen LogP contribution < -0.4 is 21.3 Å². The van der Waals surface area contributed by atoms with Gasteiger partial charge in [0.05, 0.1) is 0 Å². The lowest BCUT2D eigenvalue weighted by Gasteiger charge is -2.10. The van der Waals surface area contributed by atoms with E-state index in [9.17, 15) is 9.59 Å². The predicted molar refractivity (Wildman–Crippen MR) is 111 cm³/mol. The quantitative estimate of drug-likeness (QED) is 0.611. The lowest BCUT2D eigenvalue weighted by atomic mass is 10.1. The number of para-hydroxylation sites is 1. The Balaban J connectivity index is 0.00000261. The van der Waals surface area contributed by atoms with Crippen LogP contribution >= 0.6 is 12.4 Å². The van der Waals surface area contributed by atoms with Gasteiger partial charge in [0.2, 0.25) is 0 Å².